The number of halogens is 22. The van der Waals surface area contributed by atoms with Crippen LogP contribution in [0.1, 0.15) is 46.0 Å². The van der Waals surface area contributed by atoms with Gasteiger partial charge in [-0.2, -0.15) is 96.6 Å². The first kappa shape index (κ1) is 118. The van der Waals surface area contributed by atoms with Crippen LogP contribution in [0.15, 0.2) is 24.3 Å². The van der Waals surface area contributed by atoms with Gasteiger partial charge in [-0.05, 0) is 182 Å². The Morgan fingerprint density at radius 2 is 0.640 bits per heavy atom. The van der Waals surface area contributed by atoms with Crippen LogP contribution in [0.2, 0.25) is 200 Å². The van der Waals surface area contributed by atoms with E-state index >= 15 is 0 Å². The van der Waals surface area contributed by atoms with E-state index in [1.165, 1.54) is 18.6 Å². The first-order valence-corrected chi connectivity index (χ1v) is 81.9. The van der Waals surface area contributed by atoms with Crippen molar-refractivity contribution in [2.45, 2.75) is 307 Å². The molecule has 682 valence electrons. The Hall–Kier alpha value is 0.237. The van der Waals surface area contributed by atoms with E-state index in [1.54, 1.807) is 6.07 Å². The van der Waals surface area contributed by atoms with E-state index in [9.17, 15) is 101 Å². The first-order chi connectivity index (χ1) is 51.0. The van der Waals surface area contributed by atoms with E-state index in [0.29, 0.717) is 30.7 Å². The summed E-state index contributed by atoms with van der Waals surface area (Å²) in [4.78, 5) is 12.5. The summed E-state index contributed by atoms with van der Waals surface area (Å²) in [6, 6.07) is 8.18. The molecule has 0 aliphatic heterocycles. The largest absolute Gasteiger partial charge is 0.469 e. The summed E-state index contributed by atoms with van der Waals surface area (Å²) in [5.41, 5.74) is -0.481. The molecule has 56 heteroatoms. The molecule has 0 saturated carbocycles. The van der Waals surface area contributed by atoms with E-state index in [4.69, 9.17) is 49.4 Å². The molecule has 0 fully saturated rings. The molecule has 1 rings (SSSR count). The fourth-order valence-corrected chi connectivity index (χ4v) is 64.4. The second-order valence-corrected chi connectivity index (χ2v) is 79.4. The SMILES string of the molecule is CCCC[Si](O[SiH](C)C)(O[SiH](C)C)O[SiH](C)C.CCC[Si](O[SiH](C)C)(O[SiH](C)C)O[SiH](C)C.CN(C(=O)C(F)(OC(F)(F)C(F)(F)C(F)(F)F)C(F)(F)F)c1cccc([Si](C)(C)CCC[Si](O[SiH](C)C)(O[SiH](C)C)O[SiH](C)C)c1.C[SiH](C)O[Si](CCCOCC(F)(OC(F)(F)C(F)(F)C(F)(F)F)C(F)(F)F)(O[SiH](C)C)O[SiH](C)C. The molecule has 0 spiro atoms. The number of amides is 1. The first-order valence-electron chi connectivity index (χ1n) is 37.6. The summed E-state index contributed by atoms with van der Waals surface area (Å²) in [6.07, 6.45) is -37.5. The number of carbonyl (C=O) groups is 1. The minimum atomic E-state index is -7.27. The zero-order valence-electron chi connectivity index (χ0n) is 71.0. The number of alkyl halides is 22. The lowest BCUT2D eigenvalue weighted by Gasteiger charge is -2.36. The van der Waals surface area contributed by atoms with Gasteiger partial charge in [-0.15, -0.1) is 0 Å². The number of hydrogen-bond acceptors (Lipinski definition) is 16. The van der Waals surface area contributed by atoms with Crippen molar-refractivity contribution >= 4 is 169 Å². The topological polar surface area (TPSA) is 159 Å². The molecule has 17 nitrogen and oxygen atoms in total. The van der Waals surface area contributed by atoms with Crippen molar-refractivity contribution in [3.8, 4) is 0 Å². The quantitative estimate of drug-likeness (QED) is 0.0344. The van der Waals surface area contributed by atoms with Crippen LogP contribution in [-0.2, 0) is 68.4 Å². The van der Waals surface area contributed by atoms with Crippen molar-refractivity contribution in [1.82, 2.24) is 0 Å². The van der Waals surface area contributed by atoms with Gasteiger partial charge in [0.1, 0.15) is 6.61 Å². The van der Waals surface area contributed by atoms with E-state index in [-0.39, 0.29) is 17.4 Å². The number of unbranched alkanes of at least 4 members (excludes halogenated alkanes) is 1. The summed E-state index contributed by atoms with van der Waals surface area (Å²) < 4.78 is 373. The molecule has 1 amide bonds. The van der Waals surface area contributed by atoms with Crippen LogP contribution >= 0.6 is 0 Å². The standard InChI is InChI=1S/C24H40F11NO5Si5.C15H29F11O5Si4.C10H30O3Si4.C9H28O3Si4/c1-36(19(37)20(25,22(28,29)30)38-24(34,35)21(26,27)23(31,32)33)17-12-10-13-18(16-17)45(8,9)14-11-15-46(39-42(2)3,40-43(4)5)41-44(6)7;1-32(2)29-35(30-33(3)4,31-34(5)6)9-7-8-27-10-11(16,13(19,20)21)28-15(25,26)12(17,18)14(22,23)24;1-8-9-10-17(11-14(2)3,12-15(4)5)13-16(6)7;1-8-9-16(10-13(2)3,11-14(4)5)12-15(6)7/h10,12-13,16,42-44H,11,14-15H2,1-9H3;32-34H,7-10H2,1-6H3;14-16H,8-10H2,1-7H3;13-15H,8-9H2,1-7H3. The van der Waals surface area contributed by atoms with E-state index in [2.05, 4.69) is 107 Å². The third-order valence-corrected chi connectivity index (χ3v) is 61.5. The highest BCUT2D eigenvalue weighted by Crippen LogP contribution is 2.53. The van der Waals surface area contributed by atoms with Gasteiger partial charge >= 0.3 is 102 Å². The van der Waals surface area contributed by atoms with Gasteiger partial charge in [0.25, 0.3) is 0 Å². The number of carbonyl (C=O) groups excluding carboxylic acids is 1. The second kappa shape index (κ2) is 49.8. The van der Waals surface area contributed by atoms with Crippen LogP contribution in [0.5, 0.6) is 0 Å². The Kier molecular flexibility index (Phi) is 51.7. The zero-order valence-corrected chi connectivity index (χ0v) is 89.9. The Morgan fingerprint density at radius 3 is 0.904 bits per heavy atom. The van der Waals surface area contributed by atoms with Crippen molar-refractivity contribution in [2.75, 3.05) is 25.2 Å². The van der Waals surface area contributed by atoms with Gasteiger partial charge in [0, 0.05) is 43.5 Å². The van der Waals surface area contributed by atoms with Gasteiger partial charge in [0.15, 0.2) is 108 Å². The molecule has 0 radical (unpaired) electrons. The summed E-state index contributed by atoms with van der Waals surface area (Å²) in [7, 11) is -29.4. The molecular weight excluding hydrogens is 1860 g/mol. The van der Waals surface area contributed by atoms with E-state index < -0.39 is 237 Å². The molecule has 0 bridgehead atoms. The summed E-state index contributed by atoms with van der Waals surface area (Å²) in [5, 5.41) is 0.528. The lowest BCUT2D eigenvalue weighted by Crippen LogP contribution is -2.63. The van der Waals surface area contributed by atoms with Crippen molar-refractivity contribution < 1.29 is 165 Å². The molecule has 0 aliphatic rings. The maximum atomic E-state index is 15.0. The van der Waals surface area contributed by atoms with Crippen LogP contribution < -0.4 is 10.1 Å². The Balaban J connectivity index is -0.00000158. The Morgan fingerprint density at radius 1 is 0.360 bits per heavy atom. The van der Waals surface area contributed by atoms with E-state index in [1.807, 2.05) is 91.7 Å². The molecule has 2 unspecified atom stereocenters. The molecule has 1 aromatic carbocycles. The van der Waals surface area contributed by atoms with Crippen LogP contribution in [0, 0.1) is 0 Å². The molecular formula is C58H127F22NO16Si17. The highest BCUT2D eigenvalue weighted by atomic mass is 28.5. The molecule has 2 atom stereocenters. The van der Waals surface area contributed by atoms with Gasteiger partial charge in [-0.1, -0.05) is 69.6 Å². The van der Waals surface area contributed by atoms with Crippen molar-refractivity contribution in [3.63, 3.8) is 0 Å². The number of anilines is 1. The number of nitrogens with zero attached hydrogens (tertiary/aromatic N) is 1. The third kappa shape index (κ3) is 41.4. The van der Waals surface area contributed by atoms with Gasteiger partial charge in [-0.25, -0.2) is 0 Å². The van der Waals surface area contributed by atoms with Gasteiger partial charge in [-0.3, -0.25) is 14.3 Å². The molecule has 114 heavy (non-hydrogen) atoms. The number of benzene rings is 1. The molecule has 0 aliphatic carbocycles. The molecule has 0 saturated heterocycles. The van der Waals surface area contributed by atoms with Crippen LogP contribution in [0.25, 0.3) is 0 Å². The Labute approximate surface area is 685 Å². The number of likely N-dealkylation sites (N-methyl/N-ethyl adjacent to an activating group) is 1. The van der Waals surface area contributed by atoms with Gasteiger partial charge < -0.3 is 59.0 Å². The fraction of sp³-hybridized carbons (Fsp3) is 0.879. The number of ether oxygens (including phenoxy) is 3. The highest BCUT2D eigenvalue weighted by molar-refractivity contribution is 6.90. The minimum absolute atomic E-state index is 0.0169. The van der Waals surface area contributed by atoms with Crippen molar-refractivity contribution in [1.29, 1.82) is 0 Å². The maximum absolute atomic E-state index is 15.0. The van der Waals surface area contributed by atoms with Crippen molar-refractivity contribution in [2.24, 2.45) is 0 Å². The maximum Gasteiger partial charge on any atom is 0.469 e. The van der Waals surface area contributed by atoms with Gasteiger partial charge in [0.05, 0.1) is 8.07 Å². The normalized spacial score (nSPS) is 15.1. The zero-order chi connectivity index (χ0) is 90.7. The Bertz CT molecular complexity index is 2760. The molecule has 0 aromatic heterocycles. The predicted octanol–water partition coefficient (Wildman–Crippen LogP) is 17.4. The van der Waals surface area contributed by atoms with Crippen molar-refractivity contribution in [3.05, 3.63) is 24.3 Å². The second-order valence-electron chi connectivity index (χ2n) is 30.6. The molecule has 0 N–H and O–H groups in total. The lowest BCUT2D eigenvalue weighted by molar-refractivity contribution is -0.486. The molecule has 1 aromatic rings. The van der Waals surface area contributed by atoms with Crippen LogP contribution in [0.4, 0.5) is 102 Å². The smallest absolute Gasteiger partial charge is 0.420 e. The number of hydrogen-bond donors (Lipinski definition) is 0. The van der Waals surface area contributed by atoms with Crippen LogP contribution in [0.3, 0.4) is 0 Å². The highest BCUT2D eigenvalue weighted by Gasteiger charge is 2.81. The third-order valence-electron chi connectivity index (χ3n) is 14.1. The fourth-order valence-electron chi connectivity index (χ4n) is 10.2. The number of rotatable bonds is 48. The molecule has 0 heterocycles. The monoisotopic (exact) mass is 1990 g/mol. The summed E-state index contributed by atoms with van der Waals surface area (Å²) in [6.45, 7) is 54.4. The van der Waals surface area contributed by atoms with E-state index in [0.717, 1.165) is 31.0 Å². The predicted molar refractivity (Wildman–Crippen MR) is 443 cm³/mol. The summed E-state index contributed by atoms with van der Waals surface area (Å²) >= 11 is 0. The van der Waals surface area contributed by atoms with Gasteiger partial charge in [0.2, 0.25) is 0 Å². The average Bonchev–Trinajstić information content (AvgIpc) is 0.753. The van der Waals surface area contributed by atoms with Crippen LogP contribution in [-0.4, -0.2) is 238 Å². The summed E-state index contributed by atoms with van der Waals surface area (Å²) in [5.74, 6) is -29.3. The lowest BCUT2D eigenvalue weighted by atomic mass is 10.2. The minimum Gasteiger partial charge on any atom is -0.420 e. The average molecular weight is 1990 g/mol.